The average Bonchev–Trinajstić information content (AvgIpc) is 2.10. The van der Waals surface area contributed by atoms with E-state index in [0.29, 0.717) is 12.3 Å². The zero-order chi connectivity index (χ0) is 13.9. The van der Waals surface area contributed by atoms with Crippen LogP contribution in [0, 0.1) is 11.3 Å². The molecule has 102 valence electrons. The average molecular weight is 243 g/mol. The quantitative estimate of drug-likeness (QED) is 0.778. The minimum absolute atomic E-state index is 0.114. The van der Waals surface area contributed by atoms with E-state index >= 15 is 0 Å². The van der Waals surface area contributed by atoms with E-state index in [9.17, 15) is 9.90 Å². The molecule has 17 heavy (non-hydrogen) atoms. The van der Waals surface area contributed by atoms with Crippen LogP contribution in [0.5, 0.6) is 0 Å². The molecule has 0 fully saturated rings. The number of carbonyl (C=O) groups is 1. The predicted octanol–water partition coefficient (Wildman–Crippen LogP) is 3.24. The molecule has 1 N–H and O–H groups in total. The van der Waals surface area contributed by atoms with E-state index in [4.69, 9.17) is 0 Å². The highest BCUT2D eigenvalue weighted by atomic mass is 16.4. The van der Waals surface area contributed by atoms with E-state index < -0.39 is 11.5 Å². The van der Waals surface area contributed by atoms with E-state index in [0.717, 1.165) is 13.0 Å². The fourth-order valence-corrected chi connectivity index (χ4v) is 1.92. The first-order valence-corrected chi connectivity index (χ1v) is 6.43. The van der Waals surface area contributed by atoms with Gasteiger partial charge in [-0.25, -0.2) is 0 Å². The minimum atomic E-state index is -0.752. The second kappa shape index (κ2) is 5.85. The molecular weight excluding hydrogens is 214 g/mol. The lowest BCUT2D eigenvalue weighted by Gasteiger charge is -2.39. The van der Waals surface area contributed by atoms with Crippen molar-refractivity contribution in [1.82, 2.24) is 4.90 Å². The van der Waals surface area contributed by atoms with E-state index in [1.807, 2.05) is 18.9 Å². The molecule has 1 unspecified atom stereocenters. The van der Waals surface area contributed by atoms with Gasteiger partial charge in [0, 0.05) is 6.54 Å². The van der Waals surface area contributed by atoms with Gasteiger partial charge in [-0.15, -0.1) is 0 Å². The van der Waals surface area contributed by atoms with Crippen molar-refractivity contribution < 1.29 is 9.90 Å². The van der Waals surface area contributed by atoms with Crippen LogP contribution < -0.4 is 0 Å². The second-order valence-electron chi connectivity index (χ2n) is 6.93. The number of aliphatic carboxylic acids is 1. The SMILES string of the molecule is CC(C)CCC(C)(C(=O)O)N(C)CC(C)(C)C. The van der Waals surface area contributed by atoms with Crippen LogP contribution in [0.2, 0.25) is 0 Å². The first kappa shape index (κ1) is 16.4. The normalized spacial score (nSPS) is 16.3. The summed E-state index contributed by atoms with van der Waals surface area (Å²) in [6.45, 7) is 13.3. The van der Waals surface area contributed by atoms with Crippen LogP contribution >= 0.6 is 0 Å². The molecule has 0 aromatic heterocycles. The van der Waals surface area contributed by atoms with Crippen LogP contribution in [-0.2, 0) is 4.79 Å². The molecule has 0 aromatic carbocycles. The standard InChI is InChI=1S/C14H29NO2/c1-11(2)8-9-14(6,12(16)17)15(7)10-13(3,4)5/h11H,8-10H2,1-7H3,(H,16,17). The molecule has 0 spiro atoms. The molecule has 3 heteroatoms. The van der Waals surface area contributed by atoms with Gasteiger partial charge in [0.2, 0.25) is 0 Å². The van der Waals surface area contributed by atoms with Crippen molar-refractivity contribution in [2.45, 2.75) is 59.9 Å². The molecule has 0 saturated heterocycles. The highest BCUT2D eigenvalue weighted by Crippen LogP contribution is 2.26. The summed E-state index contributed by atoms with van der Waals surface area (Å²) in [5.41, 5.74) is -0.638. The number of carboxylic acid groups (broad SMARTS) is 1. The third-order valence-electron chi connectivity index (χ3n) is 3.22. The summed E-state index contributed by atoms with van der Waals surface area (Å²) in [7, 11) is 1.92. The number of likely N-dealkylation sites (N-methyl/N-ethyl adjacent to an activating group) is 1. The lowest BCUT2D eigenvalue weighted by Crippen LogP contribution is -2.53. The maximum atomic E-state index is 11.5. The minimum Gasteiger partial charge on any atom is -0.480 e. The highest BCUT2D eigenvalue weighted by Gasteiger charge is 2.38. The van der Waals surface area contributed by atoms with Crippen LogP contribution in [0.25, 0.3) is 0 Å². The number of nitrogens with zero attached hydrogens (tertiary/aromatic N) is 1. The molecule has 0 rings (SSSR count). The molecule has 0 aromatic rings. The van der Waals surface area contributed by atoms with E-state index in [1.165, 1.54) is 0 Å². The fraction of sp³-hybridized carbons (Fsp3) is 0.929. The van der Waals surface area contributed by atoms with Gasteiger partial charge in [-0.1, -0.05) is 34.6 Å². The number of rotatable bonds is 6. The zero-order valence-corrected chi connectivity index (χ0v) is 12.5. The number of carboxylic acids is 1. The van der Waals surface area contributed by atoms with Gasteiger partial charge in [-0.2, -0.15) is 0 Å². The van der Waals surface area contributed by atoms with Crippen molar-refractivity contribution in [2.24, 2.45) is 11.3 Å². The molecule has 0 aliphatic heterocycles. The summed E-state index contributed by atoms with van der Waals surface area (Å²) in [6.07, 6.45) is 1.64. The molecule has 0 heterocycles. The Labute approximate surface area is 106 Å². The molecule has 0 amide bonds. The Morgan fingerprint density at radius 3 is 2.00 bits per heavy atom. The largest absolute Gasteiger partial charge is 0.480 e. The Balaban J connectivity index is 4.76. The second-order valence-corrected chi connectivity index (χ2v) is 6.93. The van der Waals surface area contributed by atoms with Gasteiger partial charge in [0.15, 0.2) is 0 Å². The van der Waals surface area contributed by atoms with Gasteiger partial charge in [0.25, 0.3) is 0 Å². The monoisotopic (exact) mass is 243 g/mol. The summed E-state index contributed by atoms with van der Waals surface area (Å²) in [6, 6.07) is 0. The number of hydrogen-bond donors (Lipinski definition) is 1. The third-order valence-corrected chi connectivity index (χ3v) is 3.22. The molecule has 1 atom stereocenters. The summed E-state index contributed by atoms with van der Waals surface area (Å²) in [5.74, 6) is -0.179. The van der Waals surface area contributed by atoms with Gasteiger partial charge >= 0.3 is 5.97 Å². The lowest BCUT2D eigenvalue weighted by molar-refractivity contribution is -0.151. The zero-order valence-electron chi connectivity index (χ0n) is 12.5. The van der Waals surface area contributed by atoms with Crippen molar-refractivity contribution >= 4 is 5.97 Å². The van der Waals surface area contributed by atoms with Crippen LogP contribution in [0.3, 0.4) is 0 Å². The first-order valence-electron chi connectivity index (χ1n) is 6.43. The smallest absolute Gasteiger partial charge is 0.323 e. The van der Waals surface area contributed by atoms with Crippen LogP contribution in [-0.4, -0.2) is 35.1 Å². The highest BCUT2D eigenvalue weighted by molar-refractivity contribution is 5.78. The molecule has 0 aliphatic carbocycles. The summed E-state index contributed by atoms with van der Waals surface area (Å²) in [4.78, 5) is 13.5. The Morgan fingerprint density at radius 2 is 1.71 bits per heavy atom. The Kier molecular flexibility index (Phi) is 5.66. The van der Waals surface area contributed by atoms with Crippen LogP contribution in [0.15, 0.2) is 0 Å². The summed E-state index contributed by atoms with van der Waals surface area (Å²) >= 11 is 0. The molecule has 3 nitrogen and oxygen atoms in total. The summed E-state index contributed by atoms with van der Waals surface area (Å²) < 4.78 is 0. The van der Waals surface area contributed by atoms with Crippen molar-refractivity contribution in [3.8, 4) is 0 Å². The Hall–Kier alpha value is -0.570. The molecular formula is C14H29NO2. The van der Waals surface area contributed by atoms with Gasteiger partial charge < -0.3 is 5.11 Å². The van der Waals surface area contributed by atoms with Crippen molar-refractivity contribution in [3.05, 3.63) is 0 Å². The van der Waals surface area contributed by atoms with Crippen LogP contribution in [0.1, 0.15) is 54.4 Å². The third kappa shape index (κ3) is 5.53. The first-order chi connectivity index (χ1) is 7.49. The van der Waals surface area contributed by atoms with Crippen LogP contribution in [0.4, 0.5) is 0 Å². The predicted molar refractivity (Wildman–Crippen MR) is 72.2 cm³/mol. The van der Waals surface area contributed by atoms with Crippen molar-refractivity contribution in [1.29, 1.82) is 0 Å². The van der Waals surface area contributed by atoms with E-state index in [2.05, 4.69) is 34.6 Å². The van der Waals surface area contributed by atoms with Gasteiger partial charge in [-0.3, -0.25) is 9.69 Å². The maximum Gasteiger partial charge on any atom is 0.323 e. The van der Waals surface area contributed by atoms with Crippen molar-refractivity contribution in [2.75, 3.05) is 13.6 Å². The Morgan fingerprint density at radius 1 is 1.24 bits per heavy atom. The van der Waals surface area contributed by atoms with Gasteiger partial charge in [0.05, 0.1) is 0 Å². The van der Waals surface area contributed by atoms with E-state index in [-0.39, 0.29) is 5.41 Å². The van der Waals surface area contributed by atoms with E-state index in [1.54, 1.807) is 0 Å². The molecule has 0 radical (unpaired) electrons. The fourth-order valence-electron chi connectivity index (χ4n) is 1.92. The van der Waals surface area contributed by atoms with Crippen molar-refractivity contribution in [3.63, 3.8) is 0 Å². The van der Waals surface area contributed by atoms with Gasteiger partial charge in [-0.05, 0) is 38.1 Å². The maximum absolute atomic E-state index is 11.5. The molecule has 0 saturated carbocycles. The summed E-state index contributed by atoms with van der Waals surface area (Å²) in [5, 5.41) is 9.47. The molecule has 0 bridgehead atoms. The lowest BCUT2D eigenvalue weighted by atomic mass is 9.87. The topological polar surface area (TPSA) is 40.5 Å². The number of hydrogen-bond acceptors (Lipinski definition) is 2. The Bertz CT molecular complexity index is 255. The van der Waals surface area contributed by atoms with Gasteiger partial charge in [0.1, 0.15) is 5.54 Å². The molecule has 0 aliphatic rings.